The summed E-state index contributed by atoms with van der Waals surface area (Å²) in [5, 5.41) is 0. The Morgan fingerprint density at radius 3 is 2.52 bits per heavy atom. The van der Waals surface area contributed by atoms with Crippen molar-refractivity contribution in [2.75, 3.05) is 0 Å². The molecule has 1 aromatic rings. The van der Waals surface area contributed by atoms with Gasteiger partial charge in [-0.15, -0.1) is 12.4 Å². The number of hydrogen-bond donors (Lipinski definition) is 1. The van der Waals surface area contributed by atoms with E-state index in [2.05, 4.69) is 20.8 Å². The first-order chi connectivity index (χ1) is 12.0. The lowest BCUT2D eigenvalue weighted by atomic mass is 9.43. The summed E-state index contributed by atoms with van der Waals surface area (Å²) in [7, 11) is -0.665. The minimum absolute atomic E-state index is 0. The molecule has 27 heavy (non-hydrogen) atoms. The van der Waals surface area contributed by atoms with Gasteiger partial charge in [-0.2, -0.15) is 13.2 Å². The summed E-state index contributed by atoms with van der Waals surface area (Å²) < 4.78 is 52.0. The van der Waals surface area contributed by atoms with Crippen LogP contribution < -0.4 is 5.73 Å². The van der Waals surface area contributed by atoms with Gasteiger partial charge in [0, 0.05) is 5.94 Å². The topological polar surface area (TPSA) is 44.5 Å². The second kappa shape index (κ2) is 6.65. The summed E-state index contributed by atoms with van der Waals surface area (Å²) >= 11 is 0. The van der Waals surface area contributed by atoms with Crippen LogP contribution in [0.2, 0.25) is 0 Å². The minimum Gasteiger partial charge on any atom is -0.404 e. The SMILES string of the molecule is CC1(C)[C@@H]2C[C@H]3OB(C(N)Cc4ccccc4C(F)(F)F)O[C@@]3(C)[C@H]1C2.Cl. The first-order valence-corrected chi connectivity index (χ1v) is 9.27. The van der Waals surface area contributed by atoms with Crippen LogP contribution in [-0.4, -0.2) is 24.8 Å². The van der Waals surface area contributed by atoms with Gasteiger partial charge in [-0.05, 0) is 55.1 Å². The van der Waals surface area contributed by atoms with Gasteiger partial charge in [-0.25, -0.2) is 0 Å². The maximum absolute atomic E-state index is 13.2. The molecule has 5 atom stereocenters. The van der Waals surface area contributed by atoms with Gasteiger partial charge in [0.25, 0.3) is 0 Å². The quantitative estimate of drug-likeness (QED) is 0.767. The number of nitrogens with two attached hydrogens (primary N) is 1. The molecule has 5 rings (SSSR count). The van der Waals surface area contributed by atoms with Crippen molar-refractivity contribution < 1.29 is 22.5 Å². The van der Waals surface area contributed by atoms with E-state index in [1.807, 2.05) is 0 Å². The van der Waals surface area contributed by atoms with Crippen LogP contribution in [0.5, 0.6) is 0 Å². The van der Waals surface area contributed by atoms with Gasteiger partial charge in [0.1, 0.15) is 0 Å². The monoisotopic (exact) mass is 403 g/mol. The molecular formula is C19H26BClF3NO2. The lowest BCUT2D eigenvalue weighted by Crippen LogP contribution is -2.65. The molecule has 1 aliphatic heterocycles. The Morgan fingerprint density at radius 2 is 1.89 bits per heavy atom. The molecule has 1 saturated heterocycles. The van der Waals surface area contributed by atoms with E-state index in [0.717, 1.165) is 18.9 Å². The molecule has 8 heteroatoms. The van der Waals surface area contributed by atoms with Crippen molar-refractivity contribution >= 4 is 19.5 Å². The highest BCUT2D eigenvalue weighted by Crippen LogP contribution is 2.65. The summed E-state index contributed by atoms with van der Waals surface area (Å²) in [6.45, 7) is 6.61. The highest BCUT2D eigenvalue weighted by Gasteiger charge is 2.68. The Hall–Kier alpha value is -0.755. The second-order valence-electron chi connectivity index (χ2n) is 8.86. The van der Waals surface area contributed by atoms with Gasteiger partial charge < -0.3 is 15.0 Å². The van der Waals surface area contributed by atoms with Crippen LogP contribution in [0.25, 0.3) is 0 Å². The van der Waals surface area contributed by atoms with E-state index in [1.54, 1.807) is 6.07 Å². The molecule has 4 fully saturated rings. The molecule has 3 saturated carbocycles. The number of alkyl halides is 3. The molecule has 0 amide bonds. The largest absolute Gasteiger partial charge is 0.475 e. The standard InChI is InChI=1S/C19H25BF3NO2.ClH/c1-17(2)12-9-14(17)18(3)15(10-12)25-20(26-18)16(24)8-11-6-4-5-7-13(11)19(21,22)23;/h4-7,12,14-16H,8-10,24H2,1-3H3;1H/t12-,14-,15+,16?,18-;/m0./s1. The van der Waals surface area contributed by atoms with Crippen molar-refractivity contribution in [2.24, 2.45) is 23.0 Å². The van der Waals surface area contributed by atoms with Crippen LogP contribution in [0.3, 0.4) is 0 Å². The van der Waals surface area contributed by atoms with Crippen molar-refractivity contribution in [3.8, 4) is 0 Å². The Labute approximate surface area is 164 Å². The molecule has 1 aromatic carbocycles. The third-order valence-electron chi connectivity index (χ3n) is 7.10. The molecule has 0 spiro atoms. The normalized spacial score (nSPS) is 35.1. The fourth-order valence-electron chi connectivity index (χ4n) is 5.41. The molecule has 3 aliphatic carbocycles. The Morgan fingerprint density at radius 1 is 1.22 bits per heavy atom. The van der Waals surface area contributed by atoms with Crippen molar-refractivity contribution in [3.63, 3.8) is 0 Å². The van der Waals surface area contributed by atoms with E-state index in [1.165, 1.54) is 12.1 Å². The highest BCUT2D eigenvalue weighted by molar-refractivity contribution is 6.47. The first kappa shape index (κ1) is 21.0. The third-order valence-corrected chi connectivity index (χ3v) is 7.10. The molecule has 0 aromatic heterocycles. The van der Waals surface area contributed by atoms with Gasteiger partial charge in [0.05, 0.1) is 17.3 Å². The van der Waals surface area contributed by atoms with E-state index in [4.69, 9.17) is 15.0 Å². The van der Waals surface area contributed by atoms with Gasteiger partial charge >= 0.3 is 13.3 Å². The average molecular weight is 404 g/mol. The predicted octanol–water partition coefficient (Wildman–Crippen LogP) is 4.26. The lowest BCUT2D eigenvalue weighted by molar-refractivity contribution is -0.199. The molecule has 4 aliphatic rings. The van der Waals surface area contributed by atoms with Crippen LogP contribution in [0.15, 0.2) is 24.3 Å². The zero-order chi connectivity index (χ0) is 18.9. The molecule has 1 heterocycles. The fraction of sp³-hybridized carbons (Fsp3) is 0.684. The maximum Gasteiger partial charge on any atom is 0.475 e. The van der Waals surface area contributed by atoms with Gasteiger partial charge in [0.15, 0.2) is 0 Å². The molecule has 3 nitrogen and oxygen atoms in total. The first-order valence-electron chi connectivity index (χ1n) is 9.27. The highest BCUT2D eigenvalue weighted by atomic mass is 35.5. The van der Waals surface area contributed by atoms with Crippen LogP contribution >= 0.6 is 12.4 Å². The summed E-state index contributed by atoms with van der Waals surface area (Å²) in [4.78, 5) is 0. The van der Waals surface area contributed by atoms with E-state index in [9.17, 15) is 13.2 Å². The Bertz CT molecular complexity index is 716. The van der Waals surface area contributed by atoms with Crippen molar-refractivity contribution in [3.05, 3.63) is 35.4 Å². The van der Waals surface area contributed by atoms with Crippen LogP contribution in [0.1, 0.15) is 44.7 Å². The average Bonchev–Trinajstić information content (AvgIpc) is 2.91. The fourth-order valence-corrected chi connectivity index (χ4v) is 5.41. The number of hydrogen-bond acceptors (Lipinski definition) is 3. The van der Waals surface area contributed by atoms with Gasteiger partial charge in [-0.1, -0.05) is 32.0 Å². The summed E-state index contributed by atoms with van der Waals surface area (Å²) in [5.74, 6) is 0.384. The molecule has 0 radical (unpaired) electrons. The minimum atomic E-state index is -4.39. The smallest absolute Gasteiger partial charge is 0.404 e. The van der Waals surface area contributed by atoms with E-state index in [0.29, 0.717) is 11.8 Å². The zero-order valence-electron chi connectivity index (χ0n) is 15.8. The van der Waals surface area contributed by atoms with Crippen molar-refractivity contribution in [1.29, 1.82) is 0 Å². The number of rotatable bonds is 3. The van der Waals surface area contributed by atoms with Gasteiger partial charge in [0.2, 0.25) is 0 Å². The molecule has 150 valence electrons. The summed E-state index contributed by atoms with van der Waals surface area (Å²) in [5.41, 5.74) is 5.61. The Kier molecular flexibility index (Phi) is 5.16. The molecule has 2 bridgehead atoms. The molecule has 1 unspecified atom stereocenters. The van der Waals surface area contributed by atoms with Crippen molar-refractivity contribution in [1.82, 2.24) is 0 Å². The van der Waals surface area contributed by atoms with E-state index in [-0.39, 0.29) is 35.9 Å². The van der Waals surface area contributed by atoms with Crippen LogP contribution in [0.4, 0.5) is 13.2 Å². The Balaban J connectivity index is 0.00000210. The van der Waals surface area contributed by atoms with E-state index >= 15 is 0 Å². The van der Waals surface area contributed by atoms with E-state index < -0.39 is 30.4 Å². The van der Waals surface area contributed by atoms with Crippen LogP contribution in [-0.2, 0) is 21.9 Å². The number of benzene rings is 1. The summed E-state index contributed by atoms with van der Waals surface area (Å²) in [6.07, 6.45) is -2.28. The maximum atomic E-state index is 13.2. The van der Waals surface area contributed by atoms with Crippen molar-refractivity contribution in [2.45, 2.75) is 63.9 Å². The zero-order valence-corrected chi connectivity index (χ0v) is 16.6. The lowest BCUT2D eigenvalue weighted by Gasteiger charge is -2.64. The second-order valence-corrected chi connectivity index (χ2v) is 8.86. The number of halogens is 4. The molecular weight excluding hydrogens is 377 g/mol. The summed E-state index contributed by atoms with van der Waals surface area (Å²) in [6, 6.07) is 5.57. The third kappa shape index (κ3) is 3.20. The molecule has 2 N–H and O–H groups in total. The van der Waals surface area contributed by atoms with Gasteiger partial charge in [-0.3, -0.25) is 0 Å². The van der Waals surface area contributed by atoms with Crippen LogP contribution in [0, 0.1) is 17.3 Å². The predicted molar refractivity (Wildman–Crippen MR) is 100 cm³/mol.